The van der Waals surface area contributed by atoms with Crippen LogP contribution in [0.4, 0.5) is 23.7 Å². The third-order valence-corrected chi connectivity index (χ3v) is 8.66. The van der Waals surface area contributed by atoms with Gasteiger partial charge in [-0.05, 0) is 60.9 Å². The molecule has 10 nitrogen and oxygen atoms in total. The van der Waals surface area contributed by atoms with Crippen LogP contribution in [0.3, 0.4) is 0 Å². The Hall–Kier alpha value is -3.98. The molecule has 3 aromatic carbocycles. The van der Waals surface area contributed by atoms with Crippen molar-refractivity contribution in [2.45, 2.75) is 25.0 Å². The Morgan fingerprint density at radius 2 is 1.53 bits per heavy atom. The summed E-state index contributed by atoms with van der Waals surface area (Å²) in [6.07, 6.45) is -1.51. The number of amides is 2. The molecule has 228 valence electrons. The van der Waals surface area contributed by atoms with Gasteiger partial charge in [0.1, 0.15) is 23.2 Å². The quantitative estimate of drug-likeness (QED) is 0.285. The molecule has 3 unspecified atom stereocenters. The van der Waals surface area contributed by atoms with Gasteiger partial charge in [0.15, 0.2) is 0 Å². The molecule has 0 spiro atoms. The van der Waals surface area contributed by atoms with E-state index in [1.807, 2.05) is 0 Å². The maximum atomic E-state index is 15.6. The monoisotopic (exact) mass is 619 g/mol. The van der Waals surface area contributed by atoms with Crippen LogP contribution >= 0.6 is 0 Å². The summed E-state index contributed by atoms with van der Waals surface area (Å²) < 4.78 is 80.2. The van der Waals surface area contributed by atoms with Crippen LogP contribution in [-0.2, 0) is 15.1 Å². The number of ether oxygens (including phenoxy) is 1. The molecular formula is C29H28F3N3O7S. The predicted octanol–water partition coefficient (Wildman–Crippen LogP) is 4.24. The summed E-state index contributed by atoms with van der Waals surface area (Å²) in [5.74, 6) is -2.93. The van der Waals surface area contributed by atoms with E-state index in [9.17, 15) is 31.9 Å². The van der Waals surface area contributed by atoms with Gasteiger partial charge in [0.2, 0.25) is 5.91 Å². The molecule has 43 heavy (non-hydrogen) atoms. The Bertz CT molecular complexity index is 1600. The van der Waals surface area contributed by atoms with Crippen LogP contribution in [0.15, 0.2) is 66.7 Å². The first-order chi connectivity index (χ1) is 20.4. The fourth-order valence-electron chi connectivity index (χ4n) is 5.34. The molecule has 3 atom stereocenters. The fourth-order valence-corrected chi connectivity index (χ4v) is 5.97. The first-order valence-electron chi connectivity index (χ1n) is 13.4. The molecule has 14 heteroatoms. The van der Waals surface area contributed by atoms with E-state index >= 15 is 4.39 Å². The smallest absolute Gasteiger partial charge is 0.410 e. The highest BCUT2D eigenvalue weighted by molar-refractivity contribution is 7.83. The molecule has 0 radical (unpaired) electrons. The van der Waals surface area contributed by atoms with E-state index in [4.69, 9.17) is 9.29 Å². The number of aliphatic hydroxyl groups excluding tert-OH is 1. The highest BCUT2D eigenvalue weighted by Crippen LogP contribution is 2.47. The highest BCUT2D eigenvalue weighted by Gasteiger charge is 2.49. The molecule has 2 fully saturated rings. The zero-order valence-electron chi connectivity index (χ0n) is 22.6. The molecule has 2 amide bonds. The second-order valence-corrected chi connectivity index (χ2v) is 11.7. The number of benzene rings is 3. The summed E-state index contributed by atoms with van der Waals surface area (Å²) in [6, 6.07) is 13.4. The van der Waals surface area contributed by atoms with Gasteiger partial charge in [-0.15, -0.1) is 0 Å². The summed E-state index contributed by atoms with van der Waals surface area (Å²) in [4.78, 5) is 28.4. The lowest BCUT2D eigenvalue weighted by Gasteiger charge is -2.48. The second kappa shape index (κ2) is 12.3. The van der Waals surface area contributed by atoms with E-state index in [-0.39, 0.29) is 56.2 Å². The van der Waals surface area contributed by atoms with Crippen LogP contribution in [-0.4, -0.2) is 65.5 Å². The summed E-state index contributed by atoms with van der Waals surface area (Å²) in [5, 5.41) is 10.6. The van der Waals surface area contributed by atoms with Crippen molar-refractivity contribution < 1.29 is 45.6 Å². The van der Waals surface area contributed by atoms with Crippen molar-refractivity contribution >= 4 is 28.0 Å². The van der Waals surface area contributed by atoms with E-state index in [0.717, 1.165) is 10.4 Å². The summed E-state index contributed by atoms with van der Waals surface area (Å²) in [7, 11) is -4.38. The molecule has 2 aliphatic heterocycles. The minimum absolute atomic E-state index is 0.0402. The van der Waals surface area contributed by atoms with Crippen LogP contribution in [0.1, 0.15) is 36.1 Å². The molecular weight excluding hydrogens is 591 g/mol. The van der Waals surface area contributed by atoms with E-state index in [1.54, 1.807) is 0 Å². The third kappa shape index (κ3) is 6.67. The van der Waals surface area contributed by atoms with Crippen molar-refractivity contribution in [3.05, 3.63) is 95.3 Å². The molecule has 3 aromatic rings. The Balaban J connectivity index is 1.32. The molecule has 0 aliphatic carbocycles. The van der Waals surface area contributed by atoms with Crippen molar-refractivity contribution in [2.24, 2.45) is 5.92 Å². The predicted molar refractivity (Wildman–Crippen MR) is 148 cm³/mol. The van der Waals surface area contributed by atoms with Crippen LogP contribution < -0.4 is 9.64 Å². The first-order valence-corrected chi connectivity index (χ1v) is 14.8. The number of nitrogens with zero attached hydrogens (tertiary/aromatic N) is 3. The van der Waals surface area contributed by atoms with Gasteiger partial charge in [0, 0.05) is 43.5 Å². The lowest BCUT2D eigenvalue weighted by Crippen LogP contribution is -2.55. The molecule has 2 saturated heterocycles. The topological polar surface area (TPSA) is 128 Å². The third-order valence-electron chi connectivity index (χ3n) is 7.64. The van der Waals surface area contributed by atoms with Crippen molar-refractivity contribution in [1.29, 1.82) is 0 Å². The minimum atomic E-state index is -4.38. The van der Waals surface area contributed by atoms with Gasteiger partial charge in [0.25, 0.3) is 0 Å². The number of anilines is 1. The van der Waals surface area contributed by atoms with Gasteiger partial charge in [-0.3, -0.25) is 9.35 Å². The number of carbonyl (C=O) groups is 2. The Labute approximate surface area is 245 Å². The van der Waals surface area contributed by atoms with Gasteiger partial charge in [-0.25, -0.2) is 18.0 Å². The van der Waals surface area contributed by atoms with Crippen molar-refractivity contribution in [3.63, 3.8) is 0 Å². The van der Waals surface area contributed by atoms with E-state index in [2.05, 4.69) is 0 Å². The maximum Gasteiger partial charge on any atom is 0.415 e. The Morgan fingerprint density at radius 1 is 0.930 bits per heavy atom. The van der Waals surface area contributed by atoms with E-state index < -0.39 is 51.9 Å². The number of β-lactam (4-membered cyclic amide) rings is 1. The Kier molecular flexibility index (Phi) is 8.74. The number of hydrogen-bond acceptors (Lipinski definition) is 6. The average molecular weight is 620 g/mol. The van der Waals surface area contributed by atoms with Gasteiger partial charge >= 0.3 is 16.4 Å². The lowest BCUT2D eigenvalue weighted by atomic mass is 9.78. The SMILES string of the molecule is O=C(Oc1ccc(C2C(CCC(O)c3ccc(F)cc3)C(=O)N2c2ccc(F)cc2)c(F)c1)N1CCN(S(=O)(=O)O)CC1. The molecule has 0 bridgehead atoms. The lowest BCUT2D eigenvalue weighted by molar-refractivity contribution is -0.131. The molecule has 2 heterocycles. The zero-order chi connectivity index (χ0) is 30.9. The highest BCUT2D eigenvalue weighted by atomic mass is 32.2. The van der Waals surface area contributed by atoms with Crippen LogP contribution in [0.2, 0.25) is 0 Å². The van der Waals surface area contributed by atoms with Gasteiger partial charge in [-0.2, -0.15) is 12.7 Å². The number of halogens is 3. The first kappa shape index (κ1) is 30.5. The summed E-state index contributed by atoms with van der Waals surface area (Å²) >= 11 is 0. The molecule has 5 rings (SSSR count). The molecule has 2 N–H and O–H groups in total. The minimum Gasteiger partial charge on any atom is -0.410 e. The van der Waals surface area contributed by atoms with Crippen LogP contribution in [0.5, 0.6) is 5.75 Å². The normalized spacial score (nSPS) is 20.1. The van der Waals surface area contributed by atoms with Gasteiger partial charge in [-0.1, -0.05) is 18.2 Å². The van der Waals surface area contributed by atoms with Crippen molar-refractivity contribution in [3.8, 4) is 5.75 Å². The number of aliphatic hydroxyl groups is 1. The van der Waals surface area contributed by atoms with Crippen LogP contribution in [0.25, 0.3) is 0 Å². The molecule has 2 aliphatic rings. The van der Waals surface area contributed by atoms with Crippen molar-refractivity contribution in [1.82, 2.24) is 9.21 Å². The molecule has 0 aromatic heterocycles. The Morgan fingerprint density at radius 3 is 2.12 bits per heavy atom. The molecule has 0 saturated carbocycles. The number of piperazine rings is 1. The number of carbonyl (C=O) groups excluding carboxylic acids is 2. The average Bonchev–Trinajstić information content (AvgIpc) is 2.97. The number of hydrogen-bond donors (Lipinski definition) is 2. The van der Waals surface area contributed by atoms with E-state index in [1.165, 1.54) is 70.5 Å². The number of rotatable bonds is 8. The zero-order valence-corrected chi connectivity index (χ0v) is 23.5. The standard InChI is InChI=1S/C29H28F3N3O7S/c30-19-3-1-18(2-4-19)26(36)12-11-24-27(35(28(24)37)21-7-5-20(31)6-8-21)23-10-9-22(17-25(23)32)42-29(38)33-13-15-34(16-14-33)43(39,40)41/h1-10,17,24,26-27,36H,11-16H2,(H,39,40,41). The fraction of sp³-hybridized carbons (Fsp3) is 0.310. The summed E-state index contributed by atoms with van der Waals surface area (Å²) in [6.45, 7) is -0.344. The maximum absolute atomic E-state index is 15.6. The van der Waals surface area contributed by atoms with Crippen LogP contribution in [0, 0.1) is 23.4 Å². The summed E-state index contributed by atoms with van der Waals surface area (Å²) in [5.41, 5.74) is 0.939. The van der Waals surface area contributed by atoms with E-state index in [0.29, 0.717) is 11.3 Å². The van der Waals surface area contributed by atoms with Gasteiger partial charge < -0.3 is 19.6 Å². The second-order valence-electron chi connectivity index (χ2n) is 10.3. The largest absolute Gasteiger partial charge is 0.415 e. The van der Waals surface area contributed by atoms with Crippen molar-refractivity contribution in [2.75, 3.05) is 31.1 Å². The van der Waals surface area contributed by atoms with Gasteiger partial charge in [0.05, 0.1) is 18.1 Å².